The summed E-state index contributed by atoms with van der Waals surface area (Å²) in [5.41, 5.74) is -3.34. The molecular formula is C12H10ClF5O2S. The van der Waals surface area contributed by atoms with Crippen LogP contribution in [-0.4, -0.2) is 29.9 Å². The number of halogens is 6. The maximum Gasteiger partial charge on any atom is 0.408 e. The van der Waals surface area contributed by atoms with Crippen molar-refractivity contribution in [3.63, 3.8) is 0 Å². The van der Waals surface area contributed by atoms with Crippen LogP contribution in [0.3, 0.4) is 0 Å². The maximum atomic E-state index is 13.6. The summed E-state index contributed by atoms with van der Waals surface area (Å²) in [4.78, 5) is 10.8. The number of carbonyl (C=O) groups excluding carboxylic acids is 1. The van der Waals surface area contributed by atoms with E-state index in [4.69, 9.17) is 11.6 Å². The third-order valence-electron chi connectivity index (χ3n) is 2.29. The van der Waals surface area contributed by atoms with Gasteiger partial charge in [-0.2, -0.15) is 17.6 Å². The van der Waals surface area contributed by atoms with Crippen molar-refractivity contribution in [1.82, 2.24) is 0 Å². The van der Waals surface area contributed by atoms with Crippen molar-refractivity contribution in [2.24, 2.45) is 0 Å². The van der Waals surface area contributed by atoms with Gasteiger partial charge in [-0.15, -0.1) is 0 Å². The van der Waals surface area contributed by atoms with Crippen LogP contribution < -0.4 is 0 Å². The van der Waals surface area contributed by atoms with E-state index in [0.717, 1.165) is 0 Å². The summed E-state index contributed by atoms with van der Waals surface area (Å²) >= 11 is 5.41. The number of hydrogen-bond acceptors (Lipinski definition) is 3. The Bertz CT molecular complexity index is 495. The summed E-state index contributed by atoms with van der Waals surface area (Å²) in [5.74, 6) is -12.9. The van der Waals surface area contributed by atoms with Crippen molar-refractivity contribution in [2.75, 3.05) is 6.61 Å². The molecule has 118 valence electrons. The predicted molar refractivity (Wildman–Crippen MR) is 68.7 cm³/mol. The van der Waals surface area contributed by atoms with Gasteiger partial charge in [0.15, 0.2) is 0 Å². The van der Waals surface area contributed by atoms with Crippen LogP contribution in [0.15, 0.2) is 29.2 Å². The largest absolute Gasteiger partial charge is 0.461 e. The van der Waals surface area contributed by atoms with Crippen molar-refractivity contribution >= 4 is 29.3 Å². The van der Waals surface area contributed by atoms with Gasteiger partial charge in [0.1, 0.15) is 0 Å². The molecule has 0 saturated carbocycles. The van der Waals surface area contributed by atoms with Crippen LogP contribution in [0, 0.1) is 0 Å². The van der Waals surface area contributed by atoms with Crippen molar-refractivity contribution in [1.29, 1.82) is 0 Å². The van der Waals surface area contributed by atoms with Gasteiger partial charge in [0, 0.05) is 9.92 Å². The molecule has 9 heteroatoms. The molecule has 0 N–H and O–H groups in total. The topological polar surface area (TPSA) is 26.3 Å². The third-order valence-corrected chi connectivity index (χ3v) is 3.59. The lowest BCUT2D eigenvalue weighted by molar-refractivity contribution is -0.236. The summed E-state index contributed by atoms with van der Waals surface area (Å²) < 4.78 is 70.9. The van der Waals surface area contributed by atoms with Gasteiger partial charge < -0.3 is 4.74 Å². The molecule has 1 atom stereocenters. The Morgan fingerprint density at radius 2 is 1.81 bits per heavy atom. The molecule has 1 aromatic carbocycles. The number of rotatable bonds is 6. The predicted octanol–water partition coefficient (Wildman–Crippen LogP) is 4.56. The second kappa shape index (κ2) is 6.83. The molecule has 0 amide bonds. The van der Waals surface area contributed by atoms with E-state index < -0.39 is 29.9 Å². The first-order valence-electron chi connectivity index (χ1n) is 5.62. The minimum atomic E-state index is -5.26. The lowest BCUT2D eigenvalue weighted by Crippen LogP contribution is -2.52. The number of carbonyl (C=O) groups is 1. The van der Waals surface area contributed by atoms with Gasteiger partial charge in [-0.05, 0) is 31.2 Å². The second-order valence-corrected chi connectivity index (χ2v) is 5.36. The minimum Gasteiger partial charge on any atom is -0.461 e. The fourth-order valence-electron chi connectivity index (χ4n) is 1.21. The molecule has 2 nitrogen and oxygen atoms in total. The van der Waals surface area contributed by atoms with Crippen LogP contribution in [0.25, 0.3) is 0 Å². The quantitative estimate of drug-likeness (QED) is 0.428. The van der Waals surface area contributed by atoms with Gasteiger partial charge in [0.2, 0.25) is 5.50 Å². The Labute approximate surface area is 126 Å². The third kappa shape index (κ3) is 4.00. The zero-order valence-corrected chi connectivity index (χ0v) is 12.2. The fraction of sp³-hybridized carbons (Fsp3) is 0.417. The number of ether oxygens (including phenoxy) is 1. The van der Waals surface area contributed by atoms with Gasteiger partial charge in [0.05, 0.1) is 6.61 Å². The molecule has 0 spiro atoms. The van der Waals surface area contributed by atoms with E-state index in [1.807, 2.05) is 0 Å². The van der Waals surface area contributed by atoms with Crippen LogP contribution in [0.4, 0.5) is 22.0 Å². The molecule has 1 unspecified atom stereocenters. The van der Waals surface area contributed by atoms with Gasteiger partial charge in [-0.25, -0.2) is 9.18 Å². The average molecular weight is 349 g/mol. The highest BCUT2D eigenvalue weighted by Crippen LogP contribution is 2.45. The van der Waals surface area contributed by atoms with Crippen LogP contribution >= 0.6 is 23.4 Å². The van der Waals surface area contributed by atoms with Crippen molar-refractivity contribution < 1.29 is 31.5 Å². The number of benzene rings is 1. The minimum absolute atomic E-state index is 0.0359. The van der Waals surface area contributed by atoms with E-state index in [2.05, 4.69) is 4.74 Å². The lowest BCUT2D eigenvalue weighted by Gasteiger charge is -2.26. The zero-order chi connectivity index (χ0) is 16.3. The van der Waals surface area contributed by atoms with Gasteiger partial charge in [-0.3, -0.25) is 0 Å². The van der Waals surface area contributed by atoms with E-state index in [0.29, 0.717) is 0 Å². The molecule has 1 aromatic rings. The molecule has 0 aliphatic carbocycles. The van der Waals surface area contributed by atoms with E-state index >= 15 is 0 Å². The molecule has 0 radical (unpaired) electrons. The van der Waals surface area contributed by atoms with Crippen LogP contribution in [0.5, 0.6) is 0 Å². The first-order chi connectivity index (χ1) is 9.62. The monoisotopic (exact) mass is 348 g/mol. The molecule has 1 rings (SSSR count). The molecule has 0 fully saturated rings. The lowest BCUT2D eigenvalue weighted by atomic mass is 10.2. The van der Waals surface area contributed by atoms with E-state index in [1.165, 1.54) is 31.2 Å². The van der Waals surface area contributed by atoms with Crippen molar-refractivity contribution in [2.45, 2.75) is 29.2 Å². The van der Waals surface area contributed by atoms with Crippen molar-refractivity contribution in [3.8, 4) is 0 Å². The summed E-state index contributed by atoms with van der Waals surface area (Å²) in [7, 11) is 0. The Morgan fingerprint density at radius 3 is 2.29 bits per heavy atom. The summed E-state index contributed by atoms with van der Waals surface area (Å²) in [6, 6.07) is 4.97. The Kier molecular flexibility index (Phi) is 5.86. The number of alkyl halides is 5. The Balaban J connectivity index is 2.89. The first-order valence-corrected chi connectivity index (χ1v) is 6.87. The normalized spacial score (nSPS) is 13.9. The van der Waals surface area contributed by atoms with Crippen LogP contribution in [-0.2, 0) is 9.53 Å². The summed E-state index contributed by atoms with van der Waals surface area (Å²) in [6.07, 6.45) is 0. The molecule has 0 heterocycles. The van der Waals surface area contributed by atoms with E-state index in [-0.39, 0.29) is 21.7 Å². The van der Waals surface area contributed by atoms with Gasteiger partial charge >= 0.3 is 17.8 Å². The number of esters is 1. The second-order valence-electron chi connectivity index (χ2n) is 3.81. The van der Waals surface area contributed by atoms with Crippen LogP contribution in [0.1, 0.15) is 6.92 Å². The number of thioether (sulfide) groups is 1. The maximum absolute atomic E-state index is 13.6. The van der Waals surface area contributed by atoms with E-state index in [9.17, 15) is 26.7 Å². The highest BCUT2D eigenvalue weighted by atomic mass is 35.5. The van der Waals surface area contributed by atoms with E-state index in [1.54, 1.807) is 0 Å². The SMILES string of the molecule is CCOC(=O)C(F)(F)C(F)(F)C(F)Sc1ccc(Cl)cc1. The molecule has 0 saturated heterocycles. The molecule has 0 aliphatic heterocycles. The molecule has 0 bridgehead atoms. The molecule has 0 aliphatic rings. The standard InChI is InChI=1S/C12H10ClF5O2S/c1-2-20-10(19)12(17,18)11(15,16)9(14)21-8-5-3-7(13)4-6-8/h3-6,9H,2H2,1H3. The molecule has 0 aromatic heterocycles. The fourth-order valence-corrected chi connectivity index (χ4v) is 2.16. The molecule has 21 heavy (non-hydrogen) atoms. The average Bonchev–Trinajstić information content (AvgIpc) is 2.41. The highest BCUT2D eigenvalue weighted by Gasteiger charge is 2.68. The van der Waals surface area contributed by atoms with Crippen LogP contribution in [0.2, 0.25) is 5.02 Å². The Hall–Kier alpha value is -1.02. The molecular weight excluding hydrogens is 339 g/mol. The van der Waals surface area contributed by atoms with Gasteiger partial charge in [-0.1, -0.05) is 23.4 Å². The summed E-state index contributed by atoms with van der Waals surface area (Å²) in [5, 5.41) is 0.276. The summed E-state index contributed by atoms with van der Waals surface area (Å²) in [6.45, 7) is 0.646. The number of hydrogen-bond donors (Lipinski definition) is 0. The zero-order valence-electron chi connectivity index (χ0n) is 10.6. The Morgan fingerprint density at radius 1 is 1.29 bits per heavy atom. The highest BCUT2D eigenvalue weighted by molar-refractivity contribution is 7.99. The smallest absolute Gasteiger partial charge is 0.408 e. The first kappa shape index (κ1) is 18.0. The van der Waals surface area contributed by atoms with Gasteiger partial charge in [0.25, 0.3) is 0 Å². The van der Waals surface area contributed by atoms with Crippen molar-refractivity contribution in [3.05, 3.63) is 29.3 Å².